The monoisotopic (exact) mass is 329 g/mol. The maximum atomic E-state index is 11.2. The number of nitrogens with zero attached hydrogens (tertiary/aromatic N) is 4. The molecule has 0 bridgehead atoms. The maximum Gasteiger partial charge on any atom is 0.221 e. The van der Waals surface area contributed by atoms with Crippen molar-refractivity contribution in [2.45, 2.75) is 32.0 Å². The van der Waals surface area contributed by atoms with Crippen LogP contribution in [0, 0.1) is 0 Å². The number of pyridine rings is 1. The topological polar surface area (TPSA) is 72.3 Å². The second kappa shape index (κ2) is 7.55. The van der Waals surface area contributed by atoms with Gasteiger partial charge in [0.1, 0.15) is 0 Å². The Labute approximate surface area is 141 Å². The van der Waals surface area contributed by atoms with Gasteiger partial charge in [0.2, 0.25) is 5.91 Å². The summed E-state index contributed by atoms with van der Waals surface area (Å²) in [6.45, 7) is 3.96. The van der Waals surface area contributed by atoms with Crippen LogP contribution in [0.4, 0.5) is 5.69 Å². The molecule has 0 saturated carbocycles. The number of carbonyl (C=O) groups is 1. The molecular weight excluding hydrogens is 306 g/mol. The van der Waals surface area contributed by atoms with Crippen molar-refractivity contribution >= 4 is 11.6 Å². The van der Waals surface area contributed by atoms with Crippen molar-refractivity contribution in [2.75, 3.05) is 25.6 Å². The van der Waals surface area contributed by atoms with Crippen LogP contribution in [0.5, 0.6) is 0 Å². The van der Waals surface area contributed by atoms with E-state index in [1.165, 1.54) is 12.5 Å². The van der Waals surface area contributed by atoms with Crippen molar-refractivity contribution in [2.24, 2.45) is 0 Å². The molecule has 0 aromatic carbocycles. The third-order valence-electron chi connectivity index (χ3n) is 4.30. The van der Waals surface area contributed by atoms with Crippen LogP contribution < -0.4 is 5.32 Å². The molecule has 1 amide bonds. The van der Waals surface area contributed by atoms with E-state index < -0.39 is 0 Å². The van der Waals surface area contributed by atoms with E-state index in [9.17, 15) is 4.79 Å². The number of amides is 1. The highest BCUT2D eigenvalue weighted by atomic mass is 16.5. The van der Waals surface area contributed by atoms with Gasteiger partial charge in [-0.25, -0.2) is 0 Å². The molecule has 0 radical (unpaired) electrons. The third-order valence-corrected chi connectivity index (χ3v) is 4.30. The first-order valence-corrected chi connectivity index (χ1v) is 8.09. The summed E-state index contributed by atoms with van der Waals surface area (Å²) in [4.78, 5) is 17.7. The molecular formula is C17H23N5O2. The Balaban J connectivity index is 1.70. The van der Waals surface area contributed by atoms with Gasteiger partial charge in [-0.2, -0.15) is 5.10 Å². The Morgan fingerprint density at radius 2 is 2.21 bits per heavy atom. The summed E-state index contributed by atoms with van der Waals surface area (Å²) in [5, 5.41) is 7.18. The maximum absolute atomic E-state index is 11.2. The Hall–Kier alpha value is -2.25. The fraction of sp³-hybridized carbons (Fsp3) is 0.471. The predicted molar refractivity (Wildman–Crippen MR) is 90.5 cm³/mol. The number of methoxy groups -OCH3 is 1. The number of rotatable bonds is 6. The normalized spacial score (nSPS) is 21.1. The van der Waals surface area contributed by atoms with Gasteiger partial charge < -0.3 is 10.1 Å². The minimum absolute atomic E-state index is 0.0856. The van der Waals surface area contributed by atoms with E-state index >= 15 is 0 Å². The van der Waals surface area contributed by atoms with Gasteiger partial charge in [-0.15, -0.1) is 0 Å². The third kappa shape index (κ3) is 3.98. The molecule has 2 aromatic heterocycles. The van der Waals surface area contributed by atoms with Gasteiger partial charge >= 0.3 is 0 Å². The molecule has 1 aliphatic heterocycles. The molecule has 1 N–H and O–H groups in total. The lowest BCUT2D eigenvalue weighted by Gasteiger charge is -2.23. The molecule has 3 rings (SSSR count). The van der Waals surface area contributed by atoms with Gasteiger partial charge in [-0.3, -0.25) is 19.4 Å². The van der Waals surface area contributed by atoms with Crippen molar-refractivity contribution in [1.29, 1.82) is 0 Å². The summed E-state index contributed by atoms with van der Waals surface area (Å²) >= 11 is 0. The first-order valence-electron chi connectivity index (χ1n) is 8.09. The largest absolute Gasteiger partial charge is 0.383 e. The molecule has 1 fully saturated rings. The first kappa shape index (κ1) is 16.6. The Morgan fingerprint density at radius 3 is 2.92 bits per heavy atom. The number of ether oxygens (including phenoxy) is 1. The van der Waals surface area contributed by atoms with Crippen LogP contribution >= 0.6 is 0 Å². The molecule has 7 heteroatoms. The lowest BCUT2D eigenvalue weighted by molar-refractivity contribution is -0.114. The highest BCUT2D eigenvalue weighted by Gasteiger charge is 2.33. The molecule has 3 heterocycles. The predicted octanol–water partition coefficient (Wildman–Crippen LogP) is 1.70. The van der Waals surface area contributed by atoms with Gasteiger partial charge in [0.15, 0.2) is 0 Å². The summed E-state index contributed by atoms with van der Waals surface area (Å²) in [5.74, 6) is -0.0856. The first-order chi connectivity index (χ1) is 11.7. The Kier molecular flexibility index (Phi) is 5.22. The van der Waals surface area contributed by atoms with Crippen molar-refractivity contribution in [3.8, 4) is 0 Å². The SMILES string of the molecule is COC[C@@H]1C[C@H](n2cc(NC(C)=O)cn2)CN1Cc1ccncc1. The van der Waals surface area contributed by atoms with Crippen LogP contribution in [0.15, 0.2) is 36.9 Å². The minimum Gasteiger partial charge on any atom is -0.383 e. The number of hydrogen-bond donors (Lipinski definition) is 1. The van der Waals surface area contributed by atoms with E-state index in [0.29, 0.717) is 12.6 Å². The second-order valence-corrected chi connectivity index (χ2v) is 6.17. The molecule has 2 aromatic rings. The zero-order valence-electron chi connectivity index (χ0n) is 14.1. The molecule has 24 heavy (non-hydrogen) atoms. The van der Waals surface area contributed by atoms with Crippen molar-refractivity contribution in [1.82, 2.24) is 19.7 Å². The van der Waals surface area contributed by atoms with Crippen LogP contribution in [0.25, 0.3) is 0 Å². The molecule has 0 unspecified atom stereocenters. The van der Waals surface area contributed by atoms with E-state index in [4.69, 9.17) is 4.74 Å². The number of likely N-dealkylation sites (tertiary alicyclic amines) is 1. The zero-order chi connectivity index (χ0) is 16.9. The summed E-state index contributed by atoms with van der Waals surface area (Å²) in [5.41, 5.74) is 1.98. The molecule has 0 spiro atoms. The fourth-order valence-corrected chi connectivity index (χ4v) is 3.24. The summed E-state index contributed by atoms with van der Waals surface area (Å²) in [6, 6.07) is 4.70. The molecule has 7 nitrogen and oxygen atoms in total. The molecule has 2 atom stereocenters. The second-order valence-electron chi connectivity index (χ2n) is 6.17. The number of carbonyl (C=O) groups excluding carboxylic acids is 1. The van der Waals surface area contributed by atoms with Gasteiger partial charge in [0.25, 0.3) is 0 Å². The Bertz CT molecular complexity index is 673. The van der Waals surface area contributed by atoms with Crippen LogP contribution in [0.2, 0.25) is 0 Å². The number of nitrogens with one attached hydrogen (secondary N) is 1. The van der Waals surface area contributed by atoms with E-state index in [1.807, 2.05) is 35.4 Å². The smallest absolute Gasteiger partial charge is 0.221 e. The molecule has 1 aliphatic rings. The molecule has 0 aliphatic carbocycles. The minimum atomic E-state index is -0.0856. The number of anilines is 1. The van der Waals surface area contributed by atoms with Gasteiger partial charge in [0, 0.05) is 51.8 Å². The van der Waals surface area contributed by atoms with E-state index in [-0.39, 0.29) is 11.9 Å². The van der Waals surface area contributed by atoms with Crippen LogP contribution in [0.3, 0.4) is 0 Å². The van der Waals surface area contributed by atoms with Gasteiger partial charge in [-0.1, -0.05) is 0 Å². The summed E-state index contributed by atoms with van der Waals surface area (Å²) in [6.07, 6.45) is 8.20. The van der Waals surface area contributed by atoms with Crippen molar-refractivity contribution in [3.05, 3.63) is 42.5 Å². The van der Waals surface area contributed by atoms with Crippen LogP contribution in [0.1, 0.15) is 24.9 Å². The zero-order valence-corrected chi connectivity index (χ0v) is 14.1. The standard InChI is InChI=1S/C17H23N5O2/c1-13(23)20-15-8-19-22(10-15)16-7-17(12-24-2)21(11-16)9-14-3-5-18-6-4-14/h3-6,8,10,16-17H,7,9,11-12H2,1-2H3,(H,20,23)/t16-,17-/m0/s1. The van der Waals surface area contributed by atoms with E-state index in [2.05, 4.69) is 20.3 Å². The van der Waals surface area contributed by atoms with Crippen molar-refractivity contribution in [3.63, 3.8) is 0 Å². The summed E-state index contributed by atoms with van der Waals surface area (Å²) in [7, 11) is 1.74. The van der Waals surface area contributed by atoms with Crippen molar-refractivity contribution < 1.29 is 9.53 Å². The van der Waals surface area contributed by atoms with Crippen LogP contribution in [-0.2, 0) is 16.1 Å². The van der Waals surface area contributed by atoms with Crippen LogP contribution in [-0.4, -0.2) is 51.9 Å². The summed E-state index contributed by atoms with van der Waals surface area (Å²) < 4.78 is 7.34. The van der Waals surface area contributed by atoms with E-state index in [0.717, 1.165) is 25.2 Å². The quantitative estimate of drug-likeness (QED) is 0.873. The number of aromatic nitrogens is 3. The lowest BCUT2D eigenvalue weighted by Crippen LogP contribution is -2.32. The average Bonchev–Trinajstić information content (AvgIpc) is 3.16. The molecule has 1 saturated heterocycles. The fourth-order valence-electron chi connectivity index (χ4n) is 3.24. The average molecular weight is 329 g/mol. The van der Waals surface area contributed by atoms with Gasteiger partial charge in [-0.05, 0) is 24.1 Å². The highest BCUT2D eigenvalue weighted by molar-refractivity contribution is 5.88. The Morgan fingerprint density at radius 1 is 1.42 bits per heavy atom. The highest BCUT2D eigenvalue weighted by Crippen LogP contribution is 2.29. The van der Waals surface area contributed by atoms with Gasteiger partial charge in [0.05, 0.1) is 24.5 Å². The lowest BCUT2D eigenvalue weighted by atomic mass is 10.2. The van der Waals surface area contributed by atoms with E-state index in [1.54, 1.807) is 13.3 Å². The number of hydrogen-bond acceptors (Lipinski definition) is 5. The molecule has 128 valence electrons.